The van der Waals surface area contributed by atoms with E-state index in [2.05, 4.69) is 29.2 Å². The predicted octanol–water partition coefficient (Wildman–Crippen LogP) is 2.55. The molecule has 0 saturated carbocycles. The molecule has 3 heteroatoms. The Kier molecular flexibility index (Phi) is 3.71. The minimum absolute atomic E-state index is 0.632. The summed E-state index contributed by atoms with van der Waals surface area (Å²) in [6.07, 6.45) is 1.69. The van der Waals surface area contributed by atoms with E-state index < -0.39 is 11.4 Å². The number of rotatable bonds is 4. The van der Waals surface area contributed by atoms with Crippen LogP contribution in [0.5, 0.6) is 0 Å². The van der Waals surface area contributed by atoms with Crippen molar-refractivity contribution >= 4 is 5.97 Å². The van der Waals surface area contributed by atoms with Gasteiger partial charge in [-0.3, -0.25) is 9.69 Å². The highest BCUT2D eigenvalue weighted by atomic mass is 16.4. The molecule has 1 unspecified atom stereocenters. The first kappa shape index (κ1) is 13.1. The van der Waals surface area contributed by atoms with E-state index in [0.717, 1.165) is 19.5 Å². The Morgan fingerprint density at radius 3 is 2.67 bits per heavy atom. The van der Waals surface area contributed by atoms with Crippen LogP contribution in [0, 0.1) is 5.41 Å². The number of aliphatic carboxylic acids is 1. The van der Waals surface area contributed by atoms with Crippen molar-refractivity contribution in [3.8, 4) is 0 Å². The SMILES string of the molecule is CCC(C)(CN1CCc2ccccc2C1)C(=O)O. The summed E-state index contributed by atoms with van der Waals surface area (Å²) in [6, 6.07) is 8.44. The van der Waals surface area contributed by atoms with Gasteiger partial charge >= 0.3 is 5.97 Å². The highest BCUT2D eigenvalue weighted by Gasteiger charge is 2.34. The zero-order valence-electron chi connectivity index (χ0n) is 11.1. The van der Waals surface area contributed by atoms with Crippen LogP contribution >= 0.6 is 0 Å². The zero-order chi connectivity index (χ0) is 13.2. The van der Waals surface area contributed by atoms with E-state index in [1.165, 1.54) is 11.1 Å². The number of fused-ring (bicyclic) bond motifs is 1. The van der Waals surface area contributed by atoms with Crippen molar-refractivity contribution in [2.24, 2.45) is 5.41 Å². The van der Waals surface area contributed by atoms with Gasteiger partial charge in [0.15, 0.2) is 0 Å². The van der Waals surface area contributed by atoms with Crippen LogP contribution in [0.15, 0.2) is 24.3 Å². The summed E-state index contributed by atoms with van der Waals surface area (Å²) in [7, 11) is 0. The number of carboxylic acids is 1. The first-order valence-corrected chi connectivity index (χ1v) is 6.58. The molecule has 1 aliphatic heterocycles. The van der Waals surface area contributed by atoms with E-state index in [0.29, 0.717) is 13.0 Å². The Bertz CT molecular complexity index is 444. The molecule has 1 heterocycles. The molecule has 1 aliphatic rings. The molecule has 98 valence electrons. The maximum absolute atomic E-state index is 11.3. The molecule has 0 spiro atoms. The topological polar surface area (TPSA) is 40.5 Å². The molecule has 0 aliphatic carbocycles. The van der Waals surface area contributed by atoms with Crippen LogP contribution in [0.4, 0.5) is 0 Å². The van der Waals surface area contributed by atoms with E-state index in [9.17, 15) is 9.90 Å². The maximum Gasteiger partial charge on any atom is 0.310 e. The number of carbonyl (C=O) groups is 1. The third-order valence-electron chi connectivity index (χ3n) is 4.08. The lowest BCUT2D eigenvalue weighted by Gasteiger charge is -2.34. The molecular weight excluding hydrogens is 226 g/mol. The van der Waals surface area contributed by atoms with Crippen LogP contribution in [0.1, 0.15) is 31.4 Å². The minimum atomic E-state index is -0.691. The zero-order valence-corrected chi connectivity index (χ0v) is 11.1. The third-order valence-corrected chi connectivity index (χ3v) is 4.08. The van der Waals surface area contributed by atoms with Gasteiger partial charge in [-0.15, -0.1) is 0 Å². The van der Waals surface area contributed by atoms with Crippen molar-refractivity contribution in [3.63, 3.8) is 0 Å². The predicted molar refractivity (Wildman–Crippen MR) is 71.5 cm³/mol. The molecule has 0 aromatic heterocycles. The van der Waals surface area contributed by atoms with Gasteiger partial charge in [-0.25, -0.2) is 0 Å². The lowest BCUT2D eigenvalue weighted by atomic mass is 9.86. The fraction of sp³-hybridized carbons (Fsp3) is 0.533. The van der Waals surface area contributed by atoms with Crippen molar-refractivity contribution in [1.82, 2.24) is 4.90 Å². The van der Waals surface area contributed by atoms with Gasteiger partial charge in [0.05, 0.1) is 5.41 Å². The second-order valence-electron chi connectivity index (χ2n) is 5.45. The molecule has 0 fully saturated rings. The van der Waals surface area contributed by atoms with Gasteiger partial charge < -0.3 is 5.11 Å². The largest absolute Gasteiger partial charge is 0.481 e. The summed E-state index contributed by atoms with van der Waals surface area (Å²) in [4.78, 5) is 13.6. The summed E-state index contributed by atoms with van der Waals surface area (Å²) < 4.78 is 0. The van der Waals surface area contributed by atoms with Crippen molar-refractivity contribution in [2.75, 3.05) is 13.1 Å². The summed E-state index contributed by atoms with van der Waals surface area (Å²) in [5.74, 6) is -0.691. The molecular formula is C15H21NO2. The van der Waals surface area contributed by atoms with Crippen LogP contribution in [0.3, 0.4) is 0 Å². The standard InChI is InChI=1S/C15H21NO2/c1-3-15(2,14(17)18)11-16-9-8-12-6-4-5-7-13(12)10-16/h4-7H,3,8-11H2,1-2H3,(H,17,18). The van der Waals surface area contributed by atoms with Gasteiger partial charge in [0.25, 0.3) is 0 Å². The molecule has 0 amide bonds. The highest BCUT2D eigenvalue weighted by Crippen LogP contribution is 2.26. The van der Waals surface area contributed by atoms with E-state index in [1.54, 1.807) is 0 Å². The van der Waals surface area contributed by atoms with Gasteiger partial charge in [-0.1, -0.05) is 31.2 Å². The van der Waals surface area contributed by atoms with E-state index >= 15 is 0 Å². The van der Waals surface area contributed by atoms with E-state index in [1.807, 2.05) is 13.8 Å². The summed E-state index contributed by atoms with van der Waals surface area (Å²) >= 11 is 0. The molecule has 0 bridgehead atoms. The first-order chi connectivity index (χ1) is 8.55. The molecule has 1 N–H and O–H groups in total. The van der Waals surface area contributed by atoms with Gasteiger partial charge in [0.2, 0.25) is 0 Å². The summed E-state index contributed by atoms with van der Waals surface area (Å²) in [5.41, 5.74) is 2.11. The number of nitrogens with zero attached hydrogens (tertiary/aromatic N) is 1. The summed E-state index contributed by atoms with van der Waals surface area (Å²) in [5, 5.41) is 9.33. The van der Waals surface area contributed by atoms with Gasteiger partial charge in [0.1, 0.15) is 0 Å². The maximum atomic E-state index is 11.3. The smallest absolute Gasteiger partial charge is 0.310 e. The van der Waals surface area contributed by atoms with Crippen LogP contribution in [0.2, 0.25) is 0 Å². The molecule has 1 atom stereocenters. The second kappa shape index (κ2) is 5.11. The molecule has 18 heavy (non-hydrogen) atoms. The lowest BCUT2D eigenvalue weighted by Crippen LogP contribution is -2.42. The summed E-state index contributed by atoms with van der Waals surface area (Å²) in [6.45, 7) is 6.26. The van der Waals surface area contributed by atoms with Crippen molar-refractivity contribution in [2.45, 2.75) is 33.2 Å². The minimum Gasteiger partial charge on any atom is -0.481 e. The first-order valence-electron chi connectivity index (χ1n) is 6.58. The fourth-order valence-corrected chi connectivity index (χ4v) is 2.51. The quantitative estimate of drug-likeness (QED) is 0.889. The number of benzene rings is 1. The molecule has 0 saturated heterocycles. The number of hydrogen-bond donors (Lipinski definition) is 1. The van der Waals surface area contributed by atoms with Gasteiger partial charge in [-0.05, 0) is 30.9 Å². The lowest BCUT2D eigenvalue weighted by molar-refractivity contribution is -0.149. The number of hydrogen-bond acceptors (Lipinski definition) is 2. The van der Waals surface area contributed by atoms with Crippen molar-refractivity contribution < 1.29 is 9.90 Å². The molecule has 1 aromatic rings. The van der Waals surface area contributed by atoms with Crippen LogP contribution in [0.25, 0.3) is 0 Å². The van der Waals surface area contributed by atoms with Crippen molar-refractivity contribution in [1.29, 1.82) is 0 Å². The Labute approximate surface area is 108 Å². The normalized spacial score (nSPS) is 19.0. The molecule has 2 rings (SSSR count). The Balaban J connectivity index is 2.08. The van der Waals surface area contributed by atoms with Crippen molar-refractivity contribution in [3.05, 3.63) is 35.4 Å². The molecule has 3 nitrogen and oxygen atoms in total. The molecule has 0 radical (unpaired) electrons. The Hall–Kier alpha value is -1.35. The third kappa shape index (κ3) is 2.56. The number of carboxylic acid groups (broad SMARTS) is 1. The highest BCUT2D eigenvalue weighted by molar-refractivity contribution is 5.74. The van der Waals surface area contributed by atoms with Gasteiger partial charge in [0, 0.05) is 19.6 Å². The Morgan fingerprint density at radius 1 is 1.39 bits per heavy atom. The van der Waals surface area contributed by atoms with Gasteiger partial charge in [-0.2, -0.15) is 0 Å². The van der Waals surface area contributed by atoms with E-state index in [-0.39, 0.29) is 0 Å². The monoisotopic (exact) mass is 247 g/mol. The van der Waals surface area contributed by atoms with Crippen LogP contribution in [-0.2, 0) is 17.8 Å². The Morgan fingerprint density at radius 2 is 2.06 bits per heavy atom. The van der Waals surface area contributed by atoms with E-state index in [4.69, 9.17) is 0 Å². The average molecular weight is 247 g/mol. The molecule has 1 aromatic carbocycles. The van der Waals surface area contributed by atoms with Crippen LogP contribution < -0.4 is 0 Å². The van der Waals surface area contributed by atoms with Crippen LogP contribution in [-0.4, -0.2) is 29.1 Å². The fourth-order valence-electron chi connectivity index (χ4n) is 2.51. The second-order valence-corrected chi connectivity index (χ2v) is 5.45. The average Bonchev–Trinajstić information content (AvgIpc) is 2.38.